The first kappa shape index (κ1) is 18.1. The first-order valence-corrected chi connectivity index (χ1v) is 10.5. The average molecular weight is 373 g/mol. The monoisotopic (exact) mass is 372 g/mol. The minimum Gasteiger partial charge on any atom is -0.372 e. The molecule has 5 nitrogen and oxygen atoms in total. The molecule has 1 aromatic rings. The molecule has 0 bridgehead atoms. The van der Waals surface area contributed by atoms with Crippen LogP contribution in [0, 0.1) is 5.92 Å². The highest BCUT2D eigenvalue weighted by Crippen LogP contribution is 2.37. The Morgan fingerprint density at radius 3 is 2.75 bits per heavy atom. The van der Waals surface area contributed by atoms with Gasteiger partial charge in [0.2, 0.25) is 10.0 Å². The summed E-state index contributed by atoms with van der Waals surface area (Å²) in [7, 11) is -3.11. The lowest BCUT2D eigenvalue weighted by Gasteiger charge is -2.53. The molecule has 1 aromatic carbocycles. The molecule has 1 spiro atoms. The minimum atomic E-state index is -3.11. The normalized spacial score (nSPS) is 24.0. The topological polar surface area (TPSA) is 58.6 Å². The second-order valence-electron chi connectivity index (χ2n) is 6.89. The van der Waals surface area contributed by atoms with Crippen molar-refractivity contribution in [1.29, 1.82) is 0 Å². The van der Waals surface area contributed by atoms with Crippen molar-refractivity contribution >= 4 is 21.6 Å². The molecule has 3 rings (SSSR count). The van der Waals surface area contributed by atoms with Gasteiger partial charge in [0.25, 0.3) is 0 Å². The van der Waals surface area contributed by atoms with Crippen molar-refractivity contribution in [2.75, 3.05) is 32.0 Å². The highest BCUT2D eigenvalue weighted by atomic mass is 35.5. The number of likely N-dealkylation sites (tertiary alicyclic amines) is 1. The van der Waals surface area contributed by atoms with Crippen LogP contribution < -0.4 is 4.72 Å². The number of rotatable bonds is 6. The van der Waals surface area contributed by atoms with E-state index in [0.717, 1.165) is 43.1 Å². The maximum Gasteiger partial charge on any atom is 0.211 e. The number of sulfonamides is 1. The van der Waals surface area contributed by atoms with Crippen molar-refractivity contribution in [3.63, 3.8) is 0 Å². The van der Waals surface area contributed by atoms with Gasteiger partial charge in [-0.25, -0.2) is 13.1 Å². The van der Waals surface area contributed by atoms with Crippen molar-refractivity contribution in [2.45, 2.75) is 31.9 Å². The predicted molar refractivity (Wildman–Crippen MR) is 95.6 cm³/mol. The molecule has 0 radical (unpaired) electrons. The van der Waals surface area contributed by atoms with Crippen molar-refractivity contribution < 1.29 is 13.2 Å². The van der Waals surface area contributed by atoms with E-state index in [1.54, 1.807) is 6.92 Å². The molecule has 1 atom stereocenters. The molecule has 2 aliphatic heterocycles. The zero-order valence-electron chi connectivity index (χ0n) is 14.0. The summed E-state index contributed by atoms with van der Waals surface area (Å²) in [5.41, 5.74) is 1.11. The van der Waals surface area contributed by atoms with Crippen LogP contribution in [0.1, 0.15) is 25.3 Å². The van der Waals surface area contributed by atoms with E-state index in [1.807, 2.05) is 18.2 Å². The van der Waals surface area contributed by atoms with Crippen molar-refractivity contribution in [2.24, 2.45) is 5.92 Å². The Morgan fingerprint density at radius 2 is 2.12 bits per heavy atom. The van der Waals surface area contributed by atoms with E-state index in [4.69, 9.17) is 16.3 Å². The summed E-state index contributed by atoms with van der Waals surface area (Å²) in [6.07, 6.45) is 2.00. The van der Waals surface area contributed by atoms with Crippen molar-refractivity contribution in [1.82, 2.24) is 9.62 Å². The maximum atomic E-state index is 11.5. The third kappa shape index (κ3) is 4.29. The van der Waals surface area contributed by atoms with Crippen molar-refractivity contribution in [3.05, 3.63) is 34.9 Å². The Labute approximate surface area is 149 Å². The van der Waals surface area contributed by atoms with E-state index in [0.29, 0.717) is 13.2 Å². The van der Waals surface area contributed by atoms with Gasteiger partial charge in [0, 0.05) is 31.2 Å². The van der Waals surface area contributed by atoms with Crippen LogP contribution in [0.4, 0.5) is 0 Å². The SMILES string of the molecule is CCS(=O)(=O)NC[C@H]1CCC2(CN(Cc3ccccc3Cl)C2)OC1. The van der Waals surface area contributed by atoms with E-state index in [1.165, 1.54) is 0 Å². The summed E-state index contributed by atoms with van der Waals surface area (Å²) < 4.78 is 31.8. The molecule has 0 amide bonds. The number of hydrogen-bond donors (Lipinski definition) is 1. The summed E-state index contributed by atoms with van der Waals surface area (Å²) in [6.45, 7) is 5.46. The van der Waals surface area contributed by atoms with Gasteiger partial charge < -0.3 is 4.74 Å². The molecular formula is C17H25ClN2O3S. The molecule has 1 N–H and O–H groups in total. The van der Waals surface area contributed by atoms with Crippen LogP contribution in [0.2, 0.25) is 5.02 Å². The summed E-state index contributed by atoms with van der Waals surface area (Å²) in [4.78, 5) is 2.35. The summed E-state index contributed by atoms with van der Waals surface area (Å²) in [5, 5.41) is 0.811. The molecular weight excluding hydrogens is 348 g/mol. The van der Waals surface area contributed by atoms with Gasteiger partial charge in [0.15, 0.2) is 0 Å². The van der Waals surface area contributed by atoms with Gasteiger partial charge in [0.05, 0.1) is 18.0 Å². The van der Waals surface area contributed by atoms with E-state index in [2.05, 4.69) is 15.7 Å². The van der Waals surface area contributed by atoms with E-state index in [-0.39, 0.29) is 17.3 Å². The second-order valence-corrected chi connectivity index (χ2v) is 9.39. The average Bonchev–Trinajstić information content (AvgIpc) is 2.55. The highest BCUT2D eigenvalue weighted by Gasteiger charge is 2.46. The third-order valence-corrected chi connectivity index (χ3v) is 6.72. The second kappa shape index (κ2) is 7.30. The Kier molecular flexibility index (Phi) is 5.52. The lowest BCUT2D eigenvalue weighted by Crippen LogP contribution is -2.64. The molecule has 0 aromatic heterocycles. The molecule has 0 saturated carbocycles. The Bertz CT molecular complexity index is 664. The zero-order chi connectivity index (χ0) is 17.2. The first-order valence-electron chi connectivity index (χ1n) is 8.48. The number of halogens is 1. The van der Waals surface area contributed by atoms with Crippen LogP contribution in [0.15, 0.2) is 24.3 Å². The number of benzene rings is 1. The molecule has 7 heteroatoms. The molecule has 24 heavy (non-hydrogen) atoms. The lowest BCUT2D eigenvalue weighted by molar-refractivity contribution is -0.181. The van der Waals surface area contributed by atoms with Crippen molar-refractivity contribution in [3.8, 4) is 0 Å². The fourth-order valence-corrected chi connectivity index (χ4v) is 4.31. The molecule has 2 fully saturated rings. The summed E-state index contributed by atoms with van der Waals surface area (Å²) >= 11 is 6.22. The minimum absolute atomic E-state index is 0.0403. The molecule has 2 saturated heterocycles. The molecule has 0 aliphatic carbocycles. The number of ether oxygens (including phenoxy) is 1. The Hall–Kier alpha value is -0.660. The number of nitrogens with zero attached hydrogens (tertiary/aromatic N) is 1. The van der Waals surface area contributed by atoms with E-state index >= 15 is 0 Å². The van der Waals surface area contributed by atoms with Gasteiger partial charge in [-0.2, -0.15) is 0 Å². The quantitative estimate of drug-likeness (QED) is 0.832. The fraction of sp³-hybridized carbons (Fsp3) is 0.647. The third-order valence-electron chi connectivity index (χ3n) is 4.98. The van der Waals surface area contributed by atoms with Gasteiger partial charge in [-0.05, 0) is 37.3 Å². The molecule has 0 unspecified atom stereocenters. The van der Waals surface area contributed by atoms with Crippen LogP contribution in [-0.2, 0) is 21.3 Å². The van der Waals surface area contributed by atoms with Gasteiger partial charge >= 0.3 is 0 Å². The number of hydrogen-bond acceptors (Lipinski definition) is 4. The van der Waals surface area contributed by atoms with E-state index < -0.39 is 10.0 Å². The van der Waals surface area contributed by atoms with Gasteiger partial charge in [-0.15, -0.1) is 0 Å². The van der Waals surface area contributed by atoms with Gasteiger partial charge in [0.1, 0.15) is 0 Å². The number of nitrogens with one attached hydrogen (secondary N) is 1. The zero-order valence-corrected chi connectivity index (χ0v) is 15.6. The van der Waals surface area contributed by atoms with Gasteiger partial charge in [-0.3, -0.25) is 4.90 Å². The highest BCUT2D eigenvalue weighted by molar-refractivity contribution is 7.89. The molecule has 134 valence electrons. The van der Waals surface area contributed by atoms with Gasteiger partial charge in [-0.1, -0.05) is 29.8 Å². The summed E-state index contributed by atoms with van der Waals surface area (Å²) in [6, 6.07) is 7.94. The fourth-order valence-electron chi connectivity index (χ4n) is 3.42. The van der Waals surface area contributed by atoms with Crippen LogP contribution >= 0.6 is 11.6 Å². The standard InChI is InChI=1S/C17H25ClN2O3S/c1-2-24(21,22)19-9-14-7-8-17(23-11-14)12-20(13-17)10-15-5-3-4-6-16(15)18/h3-6,14,19H,2,7-13H2,1H3/t14-/m1/s1. The Morgan fingerprint density at radius 1 is 1.38 bits per heavy atom. The molecule has 2 aliphatic rings. The van der Waals surface area contributed by atoms with Crippen LogP contribution in [0.5, 0.6) is 0 Å². The van der Waals surface area contributed by atoms with E-state index in [9.17, 15) is 8.42 Å². The maximum absolute atomic E-state index is 11.5. The largest absolute Gasteiger partial charge is 0.372 e. The first-order chi connectivity index (χ1) is 11.4. The molecule has 2 heterocycles. The predicted octanol–water partition coefficient (Wildman–Crippen LogP) is 2.26. The van der Waals surface area contributed by atoms with Crippen LogP contribution in [0.3, 0.4) is 0 Å². The Balaban J connectivity index is 1.43. The summed E-state index contributed by atoms with van der Waals surface area (Å²) in [5.74, 6) is 0.399. The van der Waals surface area contributed by atoms with Crippen LogP contribution in [-0.4, -0.2) is 50.9 Å². The lowest BCUT2D eigenvalue weighted by atomic mass is 9.83. The smallest absolute Gasteiger partial charge is 0.211 e. The van der Waals surface area contributed by atoms with Crippen LogP contribution in [0.25, 0.3) is 0 Å².